The molecular formula is C57H62O. The lowest BCUT2D eigenvalue weighted by atomic mass is 9.79. The van der Waals surface area contributed by atoms with Crippen LogP contribution in [0.25, 0.3) is 76.9 Å². The van der Waals surface area contributed by atoms with Gasteiger partial charge in [0.25, 0.3) is 0 Å². The Bertz CT molecular complexity index is 2800. The van der Waals surface area contributed by atoms with Crippen molar-refractivity contribution in [3.05, 3.63) is 143 Å². The van der Waals surface area contributed by atoms with Crippen LogP contribution in [0, 0.1) is 0 Å². The molecule has 0 fully saturated rings. The summed E-state index contributed by atoms with van der Waals surface area (Å²) in [4.78, 5) is 0. The zero-order chi connectivity index (χ0) is 41.4. The summed E-state index contributed by atoms with van der Waals surface area (Å²) in [5.74, 6) is 2.07. The standard InChI is InChI=1S/C57H62O/c1-32(2)42-30-46(33(3)4)56(47(31-42)34(5)6)41-17-23-45-51(29-41)55(36(9)10)44-22-16-39(28-50(44)54(45)35(7)8)40-19-25-53-49(27-40)48-26-38(18-24-52(48)58-53)37-14-20-43(21-15-37)57(11,12)13/h14-36H,1-13H3. The van der Waals surface area contributed by atoms with E-state index in [2.05, 4.69) is 199 Å². The fraction of sp³-hybridized carbons (Fsp3) is 0.333. The first-order chi connectivity index (χ1) is 27.5. The van der Waals surface area contributed by atoms with Crippen molar-refractivity contribution in [3.8, 4) is 33.4 Å². The Morgan fingerprint density at radius 1 is 0.362 bits per heavy atom. The molecule has 0 aliphatic rings. The smallest absolute Gasteiger partial charge is 0.135 e. The monoisotopic (exact) mass is 762 g/mol. The Balaban J connectivity index is 1.29. The molecule has 0 aliphatic heterocycles. The first-order valence-electron chi connectivity index (χ1n) is 21.8. The van der Waals surface area contributed by atoms with Crippen LogP contribution in [0.1, 0.15) is 153 Å². The third-order valence-electron chi connectivity index (χ3n) is 12.7. The van der Waals surface area contributed by atoms with Gasteiger partial charge in [0.15, 0.2) is 0 Å². The van der Waals surface area contributed by atoms with Crippen molar-refractivity contribution in [3.63, 3.8) is 0 Å². The molecule has 0 amide bonds. The summed E-state index contributed by atoms with van der Waals surface area (Å²) in [5.41, 5.74) is 18.2. The van der Waals surface area contributed by atoms with Crippen molar-refractivity contribution in [2.75, 3.05) is 0 Å². The van der Waals surface area contributed by atoms with Gasteiger partial charge in [0.2, 0.25) is 0 Å². The quantitative estimate of drug-likeness (QED) is 0.141. The molecule has 0 radical (unpaired) electrons. The van der Waals surface area contributed by atoms with Gasteiger partial charge >= 0.3 is 0 Å². The summed E-state index contributed by atoms with van der Waals surface area (Å²) in [6, 6.07) is 42.0. The highest BCUT2D eigenvalue weighted by atomic mass is 16.3. The molecule has 0 saturated carbocycles. The topological polar surface area (TPSA) is 13.1 Å². The number of hydrogen-bond acceptors (Lipinski definition) is 1. The minimum atomic E-state index is 0.126. The van der Waals surface area contributed by atoms with Crippen LogP contribution >= 0.6 is 0 Å². The number of benzene rings is 7. The van der Waals surface area contributed by atoms with E-state index >= 15 is 0 Å². The van der Waals surface area contributed by atoms with Crippen molar-refractivity contribution >= 4 is 43.5 Å². The Kier molecular flexibility index (Phi) is 10.2. The van der Waals surface area contributed by atoms with Crippen LogP contribution in [-0.2, 0) is 5.41 Å². The Morgan fingerprint density at radius 3 is 1.19 bits per heavy atom. The molecule has 296 valence electrons. The number of rotatable bonds is 8. The average Bonchev–Trinajstić information content (AvgIpc) is 3.55. The molecule has 0 atom stereocenters. The first-order valence-corrected chi connectivity index (χ1v) is 21.8. The van der Waals surface area contributed by atoms with Crippen molar-refractivity contribution < 1.29 is 4.42 Å². The molecule has 58 heavy (non-hydrogen) atoms. The van der Waals surface area contributed by atoms with Gasteiger partial charge in [0.1, 0.15) is 11.2 Å². The van der Waals surface area contributed by atoms with Crippen molar-refractivity contribution in [1.29, 1.82) is 0 Å². The van der Waals surface area contributed by atoms with Crippen LogP contribution in [0.15, 0.2) is 114 Å². The molecule has 1 heteroatoms. The molecule has 0 unspecified atom stereocenters. The van der Waals surface area contributed by atoms with E-state index in [0.29, 0.717) is 29.6 Å². The number of fused-ring (bicyclic) bond motifs is 5. The average molecular weight is 763 g/mol. The lowest BCUT2D eigenvalue weighted by molar-refractivity contribution is 0.590. The zero-order valence-electron chi connectivity index (χ0n) is 37.2. The van der Waals surface area contributed by atoms with Gasteiger partial charge in [-0.1, -0.05) is 163 Å². The van der Waals surface area contributed by atoms with E-state index in [-0.39, 0.29) is 5.41 Å². The predicted molar refractivity (Wildman–Crippen MR) is 254 cm³/mol. The third kappa shape index (κ3) is 6.95. The molecule has 1 heterocycles. The molecule has 0 N–H and O–H groups in total. The second-order valence-corrected chi connectivity index (χ2v) is 19.5. The Labute approximate surface area is 347 Å². The molecule has 8 aromatic rings. The maximum atomic E-state index is 6.41. The van der Waals surface area contributed by atoms with Gasteiger partial charge in [-0.25, -0.2) is 0 Å². The van der Waals surface area contributed by atoms with Gasteiger partial charge in [-0.3, -0.25) is 0 Å². The molecule has 1 aromatic heterocycles. The van der Waals surface area contributed by atoms with E-state index in [0.717, 1.165) is 21.9 Å². The molecule has 0 saturated heterocycles. The summed E-state index contributed by atoms with van der Waals surface area (Å²) in [7, 11) is 0. The van der Waals surface area contributed by atoms with Gasteiger partial charge in [-0.05, 0) is 160 Å². The molecule has 7 aromatic carbocycles. The van der Waals surface area contributed by atoms with Crippen LogP contribution in [0.2, 0.25) is 0 Å². The second-order valence-electron chi connectivity index (χ2n) is 19.5. The molecule has 8 rings (SSSR count). The molecule has 0 spiro atoms. The first kappa shape index (κ1) is 39.7. The van der Waals surface area contributed by atoms with Gasteiger partial charge < -0.3 is 4.42 Å². The zero-order valence-corrected chi connectivity index (χ0v) is 37.2. The van der Waals surface area contributed by atoms with E-state index in [1.807, 2.05) is 0 Å². The number of hydrogen-bond donors (Lipinski definition) is 0. The molecule has 1 nitrogen and oxygen atoms in total. The Hall–Kier alpha value is -5.14. The van der Waals surface area contributed by atoms with Crippen molar-refractivity contribution in [2.24, 2.45) is 0 Å². The van der Waals surface area contributed by atoms with Crippen LogP contribution in [0.5, 0.6) is 0 Å². The van der Waals surface area contributed by atoms with E-state index in [1.165, 1.54) is 88.3 Å². The van der Waals surface area contributed by atoms with Crippen LogP contribution in [-0.4, -0.2) is 0 Å². The van der Waals surface area contributed by atoms with Crippen LogP contribution < -0.4 is 0 Å². The van der Waals surface area contributed by atoms with E-state index in [1.54, 1.807) is 0 Å². The summed E-state index contributed by atoms with van der Waals surface area (Å²) < 4.78 is 6.41. The van der Waals surface area contributed by atoms with E-state index < -0.39 is 0 Å². The van der Waals surface area contributed by atoms with Crippen LogP contribution in [0.4, 0.5) is 0 Å². The Morgan fingerprint density at radius 2 is 0.759 bits per heavy atom. The number of furan rings is 1. The van der Waals surface area contributed by atoms with Crippen LogP contribution in [0.3, 0.4) is 0 Å². The third-order valence-corrected chi connectivity index (χ3v) is 12.7. The largest absolute Gasteiger partial charge is 0.456 e. The minimum absolute atomic E-state index is 0.126. The molecule has 0 aliphatic carbocycles. The maximum absolute atomic E-state index is 6.41. The lowest BCUT2D eigenvalue weighted by Crippen LogP contribution is -2.10. The minimum Gasteiger partial charge on any atom is -0.456 e. The summed E-state index contributed by atoms with van der Waals surface area (Å²) >= 11 is 0. The second kappa shape index (κ2) is 14.9. The van der Waals surface area contributed by atoms with Gasteiger partial charge in [-0.2, -0.15) is 0 Å². The molecule has 0 bridgehead atoms. The highest BCUT2D eigenvalue weighted by molar-refractivity contribution is 6.10. The van der Waals surface area contributed by atoms with Gasteiger partial charge in [0.05, 0.1) is 0 Å². The van der Waals surface area contributed by atoms with Crippen molar-refractivity contribution in [2.45, 2.75) is 125 Å². The summed E-state index contributed by atoms with van der Waals surface area (Å²) in [6.07, 6.45) is 0. The van der Waals surface area contributed by atoms with E-state index in [9.17, 15) is 0 Å². The normalized spacial score (nSPS) is 12.7. The molecular weight excluding hydrogens is 701 g/mol. The maximum Gasteiger partial charge on any atom is 0.135 e. The summed E-state index contributed by atoms with van der Waals surface area (Å²) in [6.45, 7) is 30.3. The van der Waals surface area contributed by atoms with E-state index in [4.69, 9.17) is 4.42 Å². The highest BCUT2D eigenvalue weighted by Gasteiger charge is 2.23. The fourth-order valence-corrected chi connectivity index (χ4v) is 9.46. The van der Waals surface area contributed by atoms with Crippen molar-refractivity contribution in [1.82, 2.24) is 0 Å². The highest BCUT2D eigenvalue weighted by Crippen LogP contribution is 2.46. The van der Waals surface area contributed by atoms with Gasteiger partial charge in [-0.15, -0.1) is 0 Å². The summed E-state index contributed by atoms with van der Waals surface area (Å²) in [5, 5.41) is 7.81. The fourth-order valence-electron chi connectivity index (χ4n) is 9.46. The van der Waals surface area contributed by atoms with Gasteiger partial charge in [0, 0.05) is 10.8 Å². The predicted octanol–water partition coefficient (Wildman–Crippen LogP) is 17.8. The lowest BCUT2D eigenvalue weighted by Gasteiger charge is -2.25. The SMILES string of the molecule is CC(C)c1cc(C(C)C)c(-c2ccc3c(C(C)C)c4cc(-c5ccc6oc7ccc(-c8ccc(C(C)(C)C)cc8)cc7c6c5)ccc4c(C(C)C)c3c2)c(C(C)C)c1.